The Balaban J connectivity index is 1.66. The summed E-state index contributed by atoms with van der Waals surface area (Å²) in [6.07, 6.45) is 6.65. The third-order valence-electron chi connectivity index (χ3n) is 4.10. The lowest BCUT2D eigenvalue weighted by molar-refractivity contribution is 0.224. The molecule has 1 heterocycles. The zero-order valence-corrected chi connectivity index (χ0v) is 12.3. The molecule has 0 bridgehead atoms. The van der Waals surface area contributed by atoms with Crippen LogP contribution in [-0.2, 0) is 0 Å². The summed E-state index contributed by atoms with van der Waals surface area (Å²) >= 11 is 0. The summed E-state index contributed by atoms with van der Waals surface area (Å²) in [5.41, 5.74) is 1.42. The van der Waals surface area contributed by atoms with Gasteiger partial charge in [0.1, 0.15) is 0 Å². The van der Waals surface area contributed by atoms with E-state index in [-0.39, 0.29) is 0 Å². The van der Waals surface area contributed by atoms with Crippen molar-refractivity contribution in [2.45, 2.75) is 45.1 Å². The Bertz CT molecular complexity index is 330. The van der Waals surface area contributed by atoms with Crippen molar-refractivity contribution in [3.63, 3.8) is 0 Å². The van der Waals surface area contributed by atoms with Gasteiger partial charge in [-0.1, -0.05) is 43.7 Å². The largest absolute Gasteiger partial charge is 0.310 e. The SMILES string of the molecule is CCC(NCCCN1CCCCC1)c1ccccc1. The quantitative estimate of drug-likeness (QED) is 0.754. The number of benzene rings is 1. The highest BCUT2D eigenvalue weighted by Crippen LogP contribution is 2.15. The van der Waals surface area contributed by atoms with Crippen LogP contribution in [0.4, 0.5) is 0 Å². The van der Waals surface area contributed by atoms with Gasteiger partial charge in [0.15, 0.2) is 0 Å². The fourth-order valence-electron chi connectivity index (χ4n) is 2.95. The zero-order chi connectivity index (χ0) is 13.3. The summed E-state index contributed by atoms with van der Waals surface area (Å²) in [4.78, 5) is 2.62. The lowest BCUT2D eigenvalue weighted by atomic mass is 10.0. The summed E-state index contributed by atoms with van der Waals surface area (Å²) in [5, 5.41) is 3.70. The van der Waals surface area contributed by atoms with Gasteiger partial charge in [0.05, 0.1) is 0 Å². The molecule has 0 amide bonds. The van der Waals surface area contributed by atoms with Gasteiger partial charge in [0.25, 0.3) is 0 Å². The van der Waals surface area contributed by atoms with Gasteiger partial charge in [0, 0.05) is 6.04 Å². The van der Waals surface area contributed by atoms with Crippen molar-refractivity contribution in [2.75, 3.05) is 26.2 Å². The van der Waals surface area contributed by atoms with E-state index in [1.807, 2.05) is 0 Å². The first-order valence-corrected chi connectivity index (χ1v) is 7.91. The molecule has 1 aromatic carbocycles. The third kappa shape index (κ3) is 4.96. The molecule has 2 rings (SSSR count). The number of likely N-dealkylation sites (tertiary alicyclic amines) is 1. The second-order valence-corrected chi connectivity index (χ2v) is 5.58. The van der Waals surface area contributed by atoms with E-state index in [1.54, 1.807) is 0 Å². The average Bonchev–Trinajstić information content (AvgIpc) is 2.49. The van der Waals surface area contributed by atoms with Gasteiger partial charge in [0.2, 0.25) is 0 Å². The second-order valence-electron chi connectivity index (χ2n) is 5.58. The zero-order valence-electron chi connectivity index (χ0n) is 12.3. The first-order valence-electron chi connectivity index (χ1n) is 7.91. The van der Waals surface area contributed by atoms with Gasteiger partial charge < -0.3 is 10.2 Å². The molecule has 1 aliphatic heterocycles. The molecule has 2 nitrogen and oxygen atoms in total. The molecule has 1 fully saturated rings. The van der Waals surface area contributed by atoms with Crippen molar-refractivity contribution in [1.82, 2.24) is 10.2 Å². The normalized spacial score (nSPS) is 18.4. The van der Waals surface area contributed by atoms with Crippen molar-refractivity contribution in [3.05, 3.63) is 35.9 Å². The van der Waals surface area contributed by atoms with Crippen molar-refractivity contribution in [3.8, 4) is 0 Å². The van der Waals surface area contributed by atoms with Crippen LogP contribution >= 0.6 is 0 Å². The number of hydrogen-bond acceptors (Lipinski definition) is 2. The lowest BCUT2D eigenvalue weighted by Crippen LogP contribution is -2.32. The number of nitrogens with one attached hydrogen (secondary N) is 1. The Morgan fingerprint density at radius 2 is 1.84 bits per heavy atom. The number of nitrogens with zero attached hydrogens (tertiary/aromatic N) is 1. The van der Waals surface area contributed by atoms with Crippen LogP contribution in [0, 0.1) is 0 Å². The fraction of sp³-hybridized carbons (Fsp3) is 0.647. The molecule has 0 saturated carbocycles. The van der Waals surface area contributed by atoms with E-state index >= 15 is 0 Å². The molecular weight excluding hydrogens is 232 g/mol. The Morgan fingerprint density at radius 1 is 1.11 bits per heavy atom. The minimum atomic E-state index is 0.516. The molecule has 2 heteroatoms. The predicted octanol–water partition coefficient (Wildman–Crippen LogP) is 3.60. The summed E-state index contributed by atoms with van der Waals surface area (Å²) in [6.45, 7) is 7.28. The highest BCUT2D eigenvalue weighted by Gasteiger charge is 2.10. The van der Waals surface area contributed by atoms with Crippen LogP contribution in [0.15, 0.2) is 30.3 Å². The molecule has 1 saturated heterocycles. The molecule has 106 valence electrons. The van der Waals surface area contributed by atoms with Gasteiger partial charge >= 0.3 is 0 Å². The molecule has 1 aliphatic rings. The second kappa shape index (κ2) is 8.34. The standard InChI is InChI=1S/C17H28N2/c1-2-17(16-10-5-3-6-11-16)18-12-9-15-19-13-7-4-8-14-19/h3,5-6,10-11,17-18H,2,4,7-9,12-15H2,1H3. The summed E-state index contributed by atoms with van der Waals surface area (Å²) in [5.74, 6) is 0. The molecule has 1 unspecified atom stereocenters. The van der Waals surface area contributed by atoms with Crippen molar-refractivity contribution >= 4 is 0 Å². The maximum atomic E-state index is 3.70. The van der Waals surface area contributed by atoms with Gasteiger partial charge in [-0.15, -0.1) is 0 Å². The Labute approximate surface area is 118 Å². The van der Waals surface area contributed by atoms with Gasteiger partial charge in [-0.05, 0) is 57.4 Å². The van der Waals surface area contributed by atoms with E-state index in [2.05, 4.69) is 47.5 Å². The maximum absolute atomic E-state index is 3.70. The van der Waals surface area contributed by atoms with E-state index in [4.69, 9.17) is 0 Å². The summed E-state index contributed by atoms with van der Waals surface area (Å²) in [7, 11) is 0. The lowest BCUT2D eigenvalue weighted by Gasteiger charge is -2.26. The van der Waals surface area contributed by atoms with Crippen molar-refractivity contribution < 1.29 is 0 Å². The molecule has 0 aromatic heterocycles. The molecule has 0 aliphatic carbocycles. The smallest absolute Gasteiger partial charge is 0.0317 e. The van der Waals surface area contributed by atoms with Crippen molar-refractivity contribution in [2.24, 2.45) is 0 Å². The number of rotatable bonds is 7. The predicted molar refractivity (Wildman–Crippen MR) is 82.4 cm³/mol. The first-order chi connectivity index (χ1) is 9.40. The minimum absolute atomic E-state index is 0.516. The van der Waals surface area contributed by atoms with E-state index < -0.39 is 0 Å². The first kappa shape index (κ1) is 14.5. The van der Waals surface area contributed by atoms with Crippen LogP contribution in [0.2, 0.25) is 0 Å². The van der Waals surface area contributed by atoms with E-state index in [1.165, 1.54) is 50.9 Å². The topological polar surface area (TPSA) is 15.3 Å². The van der Waals surface area contributed by atoms with Gasteiger partial charge in [-0.25, -0.2) is 0 Å². The van der Waals surface area contributed by atoms with Gasteiger partial charge in [-0.2, -0.15) is 0 Å². The molecule has 1 atom stereocenters. The minimum Gasteiger partial charge on any atom is -0.310 e. The molecule has 0 spiro atoms. The van der Waals surface area contributed by atoms with E-state index in [0.29, 0.717) is 6.04 Å². The molecule has 1 N–H and O–H groups in total. The third-order valence-corrected chi connectivity index (χ3v) is 4.10. The Kier molecular flexibility index (Phi) is 6.38. The summed E-state index contributed by atoms with van der Waals surface area (Å²) in [6, 6.07) is 11.3. The Hall–Kier alpha value is -0.860. The van der Waals surface area contributed by atoms with Crippen molar-refractivity contribution in [1.29, 1.82) is 0 Å². The fourth-order valence-corrected chi connectivity index (χ4v) is 2.95. The van der Waals surface area contributed by atoms with Gasteiger partial charge in [-0.3, -0.25) is 0 Å². The van der Waals surface area contributed by atoms with Crippen LogP contribution in [0.25, 0.3) is 0 Å². The Morgan fingerprint density at radius 3 is 2.53 bits per heavy atom. The summed E-state index contributed by atoms with van der Waals surface area (Å²) < 4.78 is 0. The highest BCUT2D eigenvalue weighted by atomic mass is 15.1. The van der Waals surface area contributed by atoms with E-state index in [9.17, 15) is 0 Å². The van der Waals surface area contributed by atoms with Crippen LogP contribution in [0.1, 0.15) is 50.6 Å². The highest BCUT2D eigenvalue weighted by molar-refractivity contribution is 5.18. The van der Waals surface area contributed by atoms with Crippen LogP contribution in [0.3, 0.4) is 0 Å². The molecule has 1 aromatic rings. The molecule has 0 radical (unpaired) electrons. The molecular formula is C17H28N2. The monoisotopic (exact) mass is 260 g/mol. The maximum Gasteiger partial charge on any atom is 0.0317 e. The molecule has 19 heavy (non-hydrogen) atoms. The average molecular weight is 260 g/mol. The number of hydrogen-bond donors (Lipinski definition) is 1. The van der Waals surface area contributed by atoms with Crippen LogP contribution in [0.5, 0.6) is 0 Å². The number of piperidine rings is 1. The van der Waals surface area contributed by atoms with E-state index in [0.717, 1.165) is 13.0 Å². The van der Waals surface area contributed by atoms with Crippen LogP contribution < -0.4 is 5.32 Å². The van der Waals surface area contributed by atoms with Crippen LogP contribution in [-0.4, -0.2) is 31.1 Å².